The first-order valence-corrected chi connectivity index (χ1v) is 8.98. The fourth-order valence-electron chi connectivity index (χ4n) is 2.66. The van der Waals surface area contributed by atoms with Crippen LogP contribution in [0.2, 0.25) is 0 Å². The van der Waals surface area contributed by atoms with Gasteiger partial charge < -0.3 is 19.9 Å². The first kappa shape index (κ1) is 22.6. The third-order valence-corrected chi connectivity index (χ3v) is 4.23. The summed E-state index contributed by atoms with van der Waals surface area (Å²) in [6, 6.07) is 7.04. The molecule has 1 aromatic carbocycles. The van der Waals surface area contributed by atoms with Gasteiger partial charge in [-0.3, -0.25) is 9.78 Å². The maximum Gasteiger partial charge on any atom is 0.266 e. The summed E-state index contributed by atoms with van der Waals surface area (Å²) in [4.78, 5) is 15.8. The molecule has 2 N–H and O–H groups in total. The van der Waals surface area contributed by atoms with Crippen molar-refractivity contribution in [3.8, 4) is 5.75 Å². The first-order valence-electron chi connectivity index (χ1n) is 8.98. The number of methoxy groups -OCH3 is 1. The monoisotopic (exact) mass is 412 g/mol. The highest BCUT2D eigenvalue weighted by Gasteiger charge is 2.28. The van der Waals surface area contributed by atoms with Crippen molar-refractivity contribution in [3.63, 3.8) is 0 Å². The van der Waals surface area contributed by atoms with Gasteiger partial charge in [0.05, 0.1) is 43.0 Å². The van der Waals surface area contributed by atoms with E-state index in [4.69, 9.17) is 9.84 Å². The number of amides is 1. The van der Waals surface area contributed by atoms with Crippen molar-refractivity contribution in [2.75, 3.05) is 12.4 Å². The Balaban J connectivity index is 0.000000221. The van der Waals surface area contributed by atoms with E-state index in [1.807, 2.05) is 6.92 Å². The molecule has 2 unspecified atom stereocenters. The van der Waals surface area contributed by atoms with E-state index in [0.29, 0.717) is 11.4 Å². The van der Waals surface area contributed by atoms with Gasteiger partial charge in [0.1, 0.15) is 6.10 Å². The van der Waals surface area contributed by atoms with Gasteiger partial charge in [0.15, 0.2) is 11.6 Å². The number of hydrogen-bond acceptors (Lipinski definition) is 5. The Kier molecular flexibility index (Phi) is 8.41. The van der Waals surface area contributed by atoms with E-state index in [0.717, 1.165) is 18.9 Å². The largest absolute Gasteiger partial charge is 0.494 e. The summed E-state index contributed by atoms with van der Waals surface area (Å²) in [6.45, 7) is 1.86. The SMILES string of the molecule is CC1CCC(C(=O)Nc2ccc(CO)nc2)O1.COc1cccc(C(F)F)c1F. The van der Waals surface area contributed by atoms with Crippen molar-refractivity contribution in [1.82, 2.24) is 4.98 Å². The van der Waals surface area contributed by atoms with Crippen LogP contribution in [-0.2, 0) is 16.1 Å². The average molecular weight is 412 g/mol. The van der Waals surface area contributed by atoms with E-state index < -0.39 is 17.8 Å². The maximum atomic E-state index is 12.9. The minimum Gasteiger partial charge on any atom is -0.494 e. The molecule has 0 bridgehead atoms. The second kappa shape index (κ2) is 10.8. The van der Waals surface area contributed by atoms with Crippen LogP contribution in [0, 0.1) is 5.82 Å². The number of aromatic nitrogens is 1. The van der Waals surface area contributed by atoms with Crippen molar-refractivity contribution in [2.45, 2.75) is 45.0 Å². The smallest absolute Gasteiger partial charge is 0.266 e. The van der Waals surface area contributed by atoms with Crippen molar-refractivity contribution in [2.24, 2.45) is 0 Å². The molecule has 0 spiro atoms. The van der Waals surface area contributed by atoms with Gasteiger partial charge in [-0.15, -0.1) is 0 Å². The number of nitrogens with zero attached hydrogens (tertiary/aromatic N) is 1. The molecule has 1 aliphatic heterocycles. The van der Waals surface area contributed by atoms with E-state index in [-0.39, 0.29) is 30.5 Å². The molecule has 6 nitrogen and oxygen atoms in total. The molecular weight excluding hydrogens is 389 g/mol. The summed E-state index contributed by atoms with van der Waals surface area (Å²) in [7, 11) is 1.23. The van der Waals surface area contributed by atoms with Crippen molar-refractivity contribution in [1.29, 1.82) is 0 Å². The Morgan fingerprint density at radius 3 is 2.62 bits per heavy atom. The Morgan fingerprint density at radius 2 is 2.10 bits per heavy atom. The summed E-state index contributed by atoms with van der Waals surface area (Å²) in [5, 5.41) is 11.6. The highest BCUT2D eigenvalue weighted by atomic mass is 19.3. The fraction of sp³-hybridized carbons (Fsp3) is 0.400. The molecule has 1 amide bonds. The van der Waals surface area contributed by atoms with Gasteiger partial charge >= 0.3 is 0 Å². The van der Waals surface area contributed by atoms with Gasteiger partial charge in [0.25, 0.3) is 12.3 Å². The fourth-order valence-corrected chi connectivity index (χ4v) is 2.66. The van der Waals surface area contributed by atoms with Gasteiger partial charge in [-0.05, 0) is 38.0 Å². The number of alkyl halides is 2. The molecule has 0 aliphatic carbocycles. The Bertz CT molecular complexity index is 803. The molecule has 2 aromatic rings. The molecule has 0 radical (unpaired) electrons. The Labute approximate surface area is 166 Å². The van der Waals surface area contributed by atoms with Gasteiger partial charge in [0, 0.05) is 0 Å². The zero-order chi connectivity index (χ0) is 21.4. The molecule has 1 aliphatic rings. The second-order valence-corrected chi connectivity index (χ2v) is 6.36. The average Bonchev–Trinajstić information content (AvgIpc) is 3.15. The van der Waals surface area contributed by atoms with Crippen molar-refractivity contribution >= 4 is 11.6 Å². The summed E-state index contributed by atoms with van der Waals surface area (Å²) >= 11 is 0. The number of aliphatic hydroxyl groups excluding tert-OH is 1. The highest BCUT2D eigenvalue weighted by Crippen LogP contribution is 2.27. The topological polar surface area (TPSA) is 80.7 Å². The third kappa shape index (κ3) is 6.43. The zero-order valence-corrected chi connectivity index (χ0v) is 16.1. The van der Waals surface area contributed by atoms with E-state index in [9.17, 15) is 18.0 Å². The van der Waals surface area contributed by atoms with E-state index in [2.05, 4.69) is 15.0 Å². The van der Waals surface area contributed by atoms with Crippen LogP contribution in [0.4, 0.5) is 18.9 Å². The summed E-state index contributed by atoms with van der Waals surface area (Å²) in [6.07, 6.45) is 0.194. The number of aliphatic hydroxyl groups is 1. The number of ether oxygens (including phenoxy) is 2. The van der Waals surface area contributed by atoms with Crippen LogP contribution in [0.25, 0.3) is 0 Å². The molecule has 3 rings (SSSR count). The molecule has 1 saturated heterocycles. The lowest BCUT2D eigenvalue weighted by Gasteiger charge is -2.11. The molecule has 0 saturated carbocycles. The minimum absolute atomic E-state index is 0.0997. The lowest BCUT2D eigenvalue weighted by Crippen LogP contribution is -2.27. The van der Waals surface area contributed by atoms with E-state index in [1.54, 1.807) is 12.1 Å². The molecule has 1 aromatic heterocycles. The van der Waals surface area contributed by atoms with E-state index in [1.165, 1.54) is 25.4 Å². The maximum absolute atomic E-state index is 12.9. The second-order valence-electron chi connectivity index (χ2n) is 6.36. The highest BCUT2D eigenvalue weighted by molar-refractivity contribution is 5.94. The third-order valence-electron chi connectivity index (χ3n) is 4.23. The molecule has 2 atom stereocenters. The predicted octanol–water partition coefficient (Wildman–Crippen LogP) is 3.85. The number of carbonyl (C=O) groups excluding carboxylic acids is 1. The molecule has 2 heterocycles. The number of carbonyl (C=O) groups is 1. The zero-order valence-electron chi connectivity index (χ0n) is 16.1. The van der Waals surface area contributed by atoms with Crippen molar-refractivity contribution in [3.05, 3.63) is 53.6 Å². The minimum atomic E-state index is -2.81. The van der Waals surface area contributed by atoms with Crippen LogP contribution >= 0.6 is 0 Å². The molecule has 1 fully saturated rings. The molecule has 29 heavy (non-hydrogen) atoms. The normalized spacial score (nSPS) is 18.2. The van der Waals surface area contributed by atoms with Crippen LogP contribution in [-0.4, -0.2) is 35.3 Å². The molecule has 158 valence electrons. The number of benzene rings is 1. The number of anilines is 1. The van der Waals surface area contributed by atoms with Gasteiger partial charge in [-0.25, -0.2) is 13.2 Å². The number of nitrogens with one attached hydrogen (secondary N) is 1. The van der Waals surface area contributed by atoms with Crippen LogP contribution in [0.5, 0.6) is 5.75 Å². The first-order chi connectivity index (χ1) is 13.8. The van der Waals surface area contributed by atoms with Crippen LogP contribution in [0.1, 0.15) is 37.4 Å². The molecular formula is C20H23F3N2O4. The summed E-state index contributed by atoms with van der Waals surface area (Å²) in [5.74, 6) is -1.28. The standard InChI is InChI=1S/C12H16N2O3.C8H7F3O/c1-8-2-5-11(17-8)12(16)14-9-3-4-10(7-15)13-6-9;1-12-6-4-2-3-5(7(6)9)8(10)11/h3-4,6,8,11,15H,2,5,7H2,1H3,(H,14,16);2-4,8H,1H3. The molecule has 9 heteroatoms. The van der Waals surface area contributed by atoms with Gasteiger partial charge in [-0.1, -0.05) is 12.1 Å². The Morgan fingerprint density at radius 1 is 1.34 bits per heavy atom. The van der Waals surface area contributed by atoms with Crippen LogP contribution in [0.15, 0.2) is 36.5 Å². The summed E-state index contributed by atoms with van der Waals surface area (Å²) in [5.41, 5.74) is 0.568. The number of halogens is 3. The lowest BCUT2D eigenvalue weighted by molar-refractivity contribution is -0.126. The Hall–Kier alpha value is -2.65. The van der Waals surface area contributed by atoms with Gasteiger partial charge in [0.2, 0.25) is 0 Å². The van der Waals surface area contributed by atoms with Crippen LogP contribution in [0.3, 0.4) is 0 Å². The van der Waals surface area contributed by atoms with Crippen molar-refractivity contribution < 1.29 is 32.5 Å². The number of hydrogen-bond donors (Lipinski definition) is 2. The number of rotatable bonds is 5. The van der Waals surface area contributed by atoms with E-state index >= 15 is 0 Å². The lowest BCUT2D eigenvalue weighted by atomic mass is 10.2. The van der Waals surface area contributed by atoms with Crippen LogP contribution < -0.4 is 10.1 Å². The quantitative estimate of drug-likeness (QED) is 0.780. The number of pyridine rings is 1. The van der Waals surface area contributed by atoms with Gasteiger partial charge in [-0.2, -0.15) is 0 Å². The predicted molar refractivity (Wildman–Crippen MR) is 100 cm³/mol. The summed E-state index contributed by atoms with van der Waals surface area (Å²) < 4.78 is 47.0.